The second-order valence-corrected chi connectivity index (χ2v) is 5.36. The van der Waals surface area contributed by atoms with Crippen LogP contribution in [0.4, 0.5) is 0 Å². The van der Waals surface area contributed by atoms with Gasteiger partial charge in [0.15, 0.2) is 0 Å². The Morgan fingerprint density at radius 2 is 1.91 bits per heavy atom. The highest BCUT2D eigenvalue weighted by atomic mass is 16.5. The summed E-state index contributed by atoms with van der Waals surface area (Å²) in [6.45, 7) is 7.51. The highest BCUT2D eigenvalue weighted by Gasteiger charge is 2.17. The van der Waals surface area contributed by atoms with Crippen LogP contribution in [0, 0.1) is 0 Å². The van der Waals surface area contributed by atoms with E-state index in [2.05, 4.69) is 4.98 Å². The fraction of sp³-hybridized carbons (Fsp3) is 0.588. The van der Waals surface area contributed by atoms with Crippen molar-refractivity contribution >= 4 is 11.9 Å². The number of aromatic nitrogens is 1. The van der Waals surface area contributed by atoms with E-state index in [1.54, 1.807) is 36.4 Å². The molecule has 0 aliphatic heterocycles. The number of hydrogen-bond acceptors (Lipinski definition) is 5. The van der Waals surface area contributed by atoms with Gasteiger partial charge < -0.3 is 14.4 Å². The molecule has 1 heterocycles. The first-order valence-corrected chi connectivity index (χ1v) is 8.01. The van der Waals surface area contributed by atoms with E-state index in [9.17, 15) is 9.59 Å². The summed E-state index contributed by atoms with van der Waals surface area (Å²) in [5.74, 6) is -0.403. The Labute approximate surface area is 137 Å². The van der Waals surface area contributed by atoms with Crippen LogP contribution in [0.2, 0.25) is 0 Å². The molecule has 6 heteroatoms. The quantitative estimate of drug-likeness (QED) is 0.488. The van der Waals surface area contributed by atoms with E-state index < -0.39 is 0 Å². The molecule has 0 bridgehead atoms. The standard InChI is InChI=1S/C17H26N2O4/c1-4-22-16(20)8-12-19(11-5-13-23-14(2)3)17(21)15-6-9-18-10-7-15/h6-7,9-10,14H,4-5,8,11-13H2,1-3H3. The van der Waals surface area contributed by atoms with Crippen molar-refractivity contribution in [3.63, 3.8) is 0 Å². The fourth-order valence-electron chi connectivity index (χ4n) is 2.03. The van der Waals surface area contributed by atoms with Crippen LogP contribution in [0.25, 0.3) is 0 Å². The van der Waals surface area contributed by atoms with Gasteiger partial charge in [-0.3, -0.25) is 14.6 Å². The summed E-state index contributed by atoms with van der Waals surface area (Å²) in [5, 5.41) is 0. The first kappa shape index (κ1) is 19.1. The number of carbonyl (C=O) groups excluding carboxylic acids is 2. The molecule has 1 rings (SSSR count). The lowest BCUT2D eigenvalue weighted by molar-refractivity contribution is -0.143. The van der Waals surface area contributed by atoms with E-state index in [0.29, 0.717) is 31.9 Å². The molecule has 0 spiro atoms. The van der Waals surface area contributed by atoms with Crippen molar-refractivity contribution in [2.75, 3.05) is 26.3 Å². The Kier molecular flexibility index (Phi) is 8.90. The molecule has 0 aromatic carbocycles. The number of hydrogen-bond donors (Lipinski definition) is 0. The minimum atomic E-state index is -0.293. The highest BCUT2D eigenvalue weighted by molar-refractivity contribution is 5.94. The summed E-state index contributed by atoms with van der Waals surface area (Å²) < 4.78 is 10.4. The minimum Gasteiger partial charge on any atom is -0.466 e. The molecule has 0 aliphatic rings. The summed E-state index contributed by atoms with van der Waals surface area (Å²) in [7, 11) is 0. The Morgan fingerprint density at radius 3 is 2.52 bits per heavy atom. The normalized spacial score (nSPS) is 10.6. The molecule has 1 aromatic rings. The van der Waals surface area contributed by atoms with Crippen LogP contribution < -0.4 is 0 Å². The summed E-state index contributed by atoms with van der Waals surface area (Å²) >= 11 is 0. The number of carbonyl (C=O) groups is 2. The molecule has 0 unspecified atom stereocenters. The molecule has 0 N–H and O–H groups in total. The number of ether oxygens (including phenoxy) is 2. The maximum absolute atomic E-state index is 12.5. The Balaban J connectivity index is 2.60. The predicted molar refractivity (Wildman–Crippen MR) is 87.1 cm³/mol. The summed E-state index contributed by atoms with van der Waals surface area (Å²) in [6.07, 6.45) is 4.24. The summed E-state index contributed by atoms with van der Waals surface area (Å²) in [4.78, 5) is 29.7. The van der Waals surface area contributed by atoms with Gasteiger partial charge in [-0.25, -0.2) is 0 Å². The monoisotopic (exact) mass is 322 g/mol. The van der Waals surface area contributed by atoms with Gasteiger partial charge in [0.2, 0.25) is 0 Å². The highest BCUT2D eigenvalue weighted by Crippen LogP contribution is 2.06. The smallest absolute Gasteiger partial charge is 0.307 e. The van der Waals surface area contributed by atoms with Crippen molar-refractivity contribution in [1.82, 2.24) is 9.88 Å². The van der Waals surface area contributed by atoms with E-state index in [1.165, 1.54) is 0 Å². The van der Waals surface area contributed by atoms with Crippen molar-refractivity contribution < 1.29 is 19.1 Å². The lowest BCUT2D eigenvalue weighted by Crippen LogP contribution is -2.34. The van der Waals surface area contributed by atoms with Crippen LogP contribution in [0.5, 0.6) is 0 Å². The van der Waals surface area contributed by atoms with Gasteiger partial charge in [0.1, 0.15) is 0 Å². The maximum Gasteiger partial charge on any atom is 0.307 e. The fourth-order valence-corrected chi connectivity index (χ4v) is 2.03. The average Bonchev–Trinajstić information content (AvgIpc) is 2.54. The second-order valence-electron chi connectivity index (χ2n) is 5.36. The summed E-state index contributed by atoms with van der Waals surface area (Å²) in [6, 6.07) is 3.34. The zero-order valence-electron chi connectivity index (χ0n) is 14.2. The van der Waals surface area contributed by atoms with Crippen LogP contribution in [-0.4, -0.2) is 54.2 Å². The molecular formula is C17H26N2O4. The van der Waals surface area contributed by atoms with Gasteiger partial charge >= 0.3 is 5.97 Å². The number of nitrogens with zero attached hydrogens (tertiary/aromatic N) is 2. The first-order valence-electron chi connectivity index (χ1n) is 8.01. The third-order valence-electron chi connectivity index (χ3n) is 3.13. The number of rotatable bonds is 10. The molecule has 23 heavy (non-hydrogen) atoms. The van der Waals surface area contributed by atoms with Gasteiger partial charge in [-0.05, 0) is 39.3 Å². The van der Waals surface area contributed by atoms with Crippen LogP contribution in [-0.2, 0) is 14.3 Å². The lowest BCUT2D eigenvalue weighted by Gasteiger charge is -2.22. The third-order valence-corrected chi connectivity index (χ3v) is 3.13. The Bertz CT molecular complexity index is 477. The molecular weight excluding hydrogens is 296 g/mol. The SMILES string of the molecule is CCOC(=O)CCN(CCCOC(C)C)C(=O)c1ccncc1. The van der Waals surface area contributed by atoms with Crippen LogP contribution >= 0.6 is 0 Å². The molecule has 0 saturated heterocycles. The van der Waals surface area contributed by atoms with E-state index >= 15 is 0 Å². The van der Waals surface area contributed by atoms with E-state index in [0.717, 1.165) is 6.42 Å². The van der Waals surface area contributed by atoms with Crippen LogP contribution in [0.1, 0.15) is 44.0 Å². The van der Waals surface area contributed by atoms with Crippen LogP contribution in [0.15, 0.2) is 24.5 Å². The molecule has 0 radical (unpaired) electrons. The lowest BCUT2D eigenvalue weighted by atomic mass is 10.2. The predicted octanol–water partition coefficient (Wildman–Crippen LogP) is 2.29. The van der Waals surface area contributed by atoms with Gasteiger partial charge in [-0.2, -0.15) is 0 Å². The minimum absolute atomic E-state index is 0.110. The average molecular weight is 322 g/mol. The van der Waals surface area contributed by atoms with Crippen molar-refractivity contribution in [3.05, 3.63) is 30.1 Å². The van der Waals surface area contributed by atoms with Crippen LogP contribution in [0.3, 0.4) is 0 Å². The zero-order chi connectivity index (χ0) is 17.1. The molecule has 0 atom stereocenters. The number of amides is 1. The topological polar surface area (TPSA) is 68.7 Å². The molecule has 128 valence electrons. The molecule has 0 aliphatic carbocycles. The van der Waals surface area contributed by atoms with Gasteiger partial charge in [0, 0.05) is 37.7 Å². The Morgan fingerprint density at radius 1 is 1.22 bits per heavy atom. The molecule has 1 amide bonds. The van der Waals surface area contributed by atoms with Crippen molar-refractivity contribution in [2.24, 2.45) is 0 Å². The van der Waals surface area contributed by atoms with Crippen molar-refractivity contribution in [1.29, 1.82) is 0 Å². The second kappa shape index (κ2) is 10.7. The first-order chi connectivity index (χ1) is 11.0. The number of pyridine rings is 1. The van der Waals surface area contributed by atoms with Gasteiger partial charge in [-0.1, -0.05) is 0 Å². The van der Waals surface area contributed by atoms with E-state index in [1.807, 2.05) is 13.8 Å². The van der Waals surface area contributed by atoms with E-state index in [-0.39, 0.29) is 24.4 Å². The van der Waals surface area contributed by atoms with Gasteiger partial charge in [-0.15, -0.1) is 0 Å². The Hall–Kier alpha value is -1.95. The molecule has 6 nitrogen and oxygen atoms in total. The van der Waals surface area contributed by atoms with Crippen molar-refractivity contribution in [3.8, 4) is 0 Å². The van der Waals surface area contributed by atoms with Crippen molar-refractivity contribution in [2.45, 2.75) is 39.7 Å². The largest absolute Gasteiger partial charge is 0.466 e. The zero-order valence-corrected chi connectivity index (χ0v) is 14.2. The third kappa shape index (κ3) is 7.74. The van der Waals surface area contributed by atoms with Gasteiger partial charge in [0.25, 0.3) is 5.91 Å². The molecule has 0 fully saturated rings. The van der Waals surface area contributed by atoms with E-state index in [4.69, 9.17) is 9.47 Å². The van der Waals surface area contributed by atoms with Gasteiger partial charge in [0.05, 0.1) is 19.1 Å². The number of esters is 1. The molecule has 0 saturated carbocycles. The summed E-state index contributed by atoms with van der Waals surface area (Å²) in [5.41, 5.74) is 0.564. The molecule has 1 aromatic heterocycles. The maximum atomic E-state index is 12.5.